The first-order chi connectivity index (χ1) is 13.9. The van der Waals surface area contributed by atoms with Crippen LogP contribution in [0.3, 0.4) is 0 Å². The maximum absolute atomic E-state index is 12.9. The summed E-state index contributed by atoms with van der Waals surface area (Å²) in [7, 11) is 0. The maximum atomic E-state index is 12.9. The van der Waals surface area contributed by atoms with Crippen molar-refractivity contribution in [1.82, 2.24) is 15.5 Å². The number of carbonyl (C=O) groups is 4. The number of benzene rings is 1. The topological polar surface area (TPSA) is 131 Å². The number of nitrogens with one attached hydrogen (secondary N) is 2. The monoisotopic (exact) mass is 398 g/mol. The molecule has 2 saturated heterocycles. The summed E-state index contributed by atoms with van der Waals surface area (Å²) >= 11 is 0. The van der Waals surface area contributed by atoms with Crippen molar-refractivity contribution in [1.29, 1.82) is 0 Å². The largest absolute Gasteiger partial charge is 0.375 e. The fraction of sp³-hybridized carbons (Fsp3) is 0.500. The van der Waals surface area contributed by atoms with Crippen LogP contribution in [0.2, 0.25) is 0 Å². The highest BCUT2D eigenvalue weighted by Crippen LogP contribution is 2.38. The van der Waals surface area contributed by atoms with Crippen LogP contribution in [0, 0.1) is 0 Å². The number of rotatable bonds is 4. The van der Waals surface area contributed by atoms with Gasteiger partial charge in [0.05, 0.1) is 23.8 Å². The van der Waals surface area contributed by atoms with Gasteiger partial charge >= 0.3 is 0 Å². The molecule has 2 bridgehead atoms. The highest BCUT2D eigenvalue weighted by Gasteiger charge is 2.50. The number of ether oxygens (including phenoxy) is 1. The van der Waals surface area contributed by atoms with Gasteiger partial charge in [-0.25, -0.2) is 0 Å². The van der Waals surface area contributed by atoms with Gasteiger partial charge < -0.3 is 15.8 Å². The third-order valence-electron chi connectivity index (χ3n) is 6.44. The zero-order valence-corrected chi connectivity index (χ0v) is 15.8. The number of carbonyl (C=O) groups excluding carboxylic acids is 4. The lowest BCUT2D eigenvalue weighted by atomic mass is 9.98. The van der Waals surface area contributed by atoms with Gasteiger partial charge in [-0.05, 0) is 37.0 Å². The first-order valence-corrected chi connectivity index (χ1v) is 9.84. The van der Waals surface area contributed by atoms with E-state index in [-0.39, 0.29) is 42.0 Å². The van der Waals surface area contributed by atoms with Crippen LogP contribution in [0.15, 0.2) is 18.2 Å². The molecule has 1 saturated carbocycles. The second kappa shape index (κ2) is 6.45. The summed E-state index contributed by atoms with van der Waals surface area (Å²) < 4.78 is 5.71. The molecule has 4 amide bonds. The number of nitrogens with zero attached hydrogens (tertiary/aromatic N) is 1. The predicted octanol–water partition coefficient (Wildman–Crippen LogP) is -0.564. The van der Waals surface area contributed by atoms with E-state index in [1.54, 1.807) is 12.1 Å². The van der Waals surface area contributed by atoms with Crippen molar-refractivity contribution in [2.75, 3.05) is 6.61 Å². The minimum atomic E-state index is -0.951. The Morgan fingerprint density at radius 1 is 1.17 bits per heavy atom. The van der Waals surface area contributed by atoms with Gasteiger partial charge in [-0.3, -0.25) is 29.4 Å². The number of amides is 4. The van der Waals surface area contributed by atoms with E-state index in [0.717, 1.165) is 23.3 Å². The molecule has 4 atom stereocenters. The Kier molecular flexibility index (Phi) is 4.09. The molecule has 9 heteroatoms. The molecule has 1 aromatic carbocycles. The first kappa shape index (κ1) is 18.4. The molecule has 29 heavy (non-hydrogen) atoms. The van der Waals surface area contributed by atoms with Crippen molar-refractivity contribution in [3.63, 3.8) is 0 Å². The second-order valence-electron chi connectivity index (χ2n) is 8.38. The van der Waals surface area contributed by atoms with Crippen molar-refractivity contribution in [3.8, 4) is 0 Å². The van der Waals surface area contributed by atoms with Crippen molar-refractivity contribution in [3.05, 3.63) is 34.9 Å². The molecule has 5 rings (SSSR count). The van der Waals surface area contributed by atoms with E-state index in [4.69, 9.17) is 10.5 Å². The average molecular weight is 398 g/mol. The number of piperidine rings is 1. The van der Waals surface area contributed by atoms with Crippen LogP contribution in [0.1, 0.15) is 52.0 Å². The van der Waals surface area contributed by atoms with Crippen LogP contribution in [-0.4, -0.2) is 58.9 Å². The number of nitrogens with two attached hydrogens (primary N) is 1. The zero-order valence-electron chi connectivity index (χ0n) is 15.8. The molecule has 4 N–H and O–H groups in total. The van der Waals surface area contributed by atoms with E-state index in [0.29, 0.717) is 18.7 Å². The third-order valence-corrected chi connectivity index (χ3v) is 6.44. The maximum Gasteiger partial charge on any atom is 0.262 e. The molecule has 3 heterocycles. The van der Waals surface area contributed by atoms with Gasteiger partial charge in [0.2, 0.25) is 11.8 Å². The summed E-state index contributed by atoms with van der Waals surface area (Å²) in [5, 5.41) is 5.72. The molecule has 9 nitrogen and oxygen atoms in total. The highest BCUT2D eigenvalue weighted by atomic mass is 16.5. The Morgan fingerprint density at radius 3 is 2.66 bits per heavy atom. The molecule has 3 fully saturated rings. The molecule has 0 radical (unpaired) electrons. The smallest absolute Gasteiger partial charge is 0.262 e. The standard InChI is InChI=1S/C20H22N4O5/c21-13-6-20(7-15(13)29-9-20)22-8-10-1-2-11-12(5-10)19(28)24(18(11)27)14-3-4-16(25)23-17(14)26/h1-2,5,13-15,22H,3-4,6-9,21H2,(H,23,25,26)/t13-,14?,15-,20+/m1/s1. The Balaban J connectivity index is 1.33. The van der Waals surface area contributed by atoms with Gasteiger partial charge in [0.15, 0.2) is 0 Å². The molecular formula is C20H22N4O5. The van der Waals surface area contributed by atoms with Gasteiger partial charge in [0.25, 0.3) is 11.8 Å². The van der Waals surface area contributed by atoms with E-state index < -0.39 is 23.8 Å². The van der Waals surface area contributed by atoms with Crippen LogP contribution in [0.25, 0.3) is 0 Å². The summed E-state index contributed by atoms with van der Waals surface area (Å²) in [6.07, 6.45) is 2.08. The molecule has 1 unspecified atom stereocenters. The van der Waals surface area contributed by atoms with Gasteiger partial charge in [0.1, 0.15) is 6.04 Å². The molecule has 1 aromatic rings. The fourth-order valence-corrected chi connectivity index (χ4v) is 4.88. The van der Waals surface area contributed by atoms with Crippen molar-refractivity contribution < 1.29 is 23.9 Å². The van der Waals surface area contributed by atoms with Crippen molar-refractivity contribution in [2.24, 2.45) is 5.73 Å². The summed E-state index contributed by atoms with van der Waals surface area (Å²) in [4.78, 5) is 50.1. The average Bonchev–Trinajstić information content (AvgIpc) is 3.32. The van der Waals surface area contributed by atoms with E-state index >= 15 is 0 Å². The number of hydrogen-bond acceptors (Lipinski definition) is 7. The van der Waals surface area contributed by atoms with Gasteiger partial charge in [-0.15, -0.1) is 0 Å². The summed E-state index contributed by atoms with van der Waals surface area (Å²) in [6, 6.07) is 4.23. The molecule has 3 aliphatic heterocycles. The van der Waals surface area contributed by atoms with Crippen LogP contribution >= 0.6 is 0 Å². The molecule has 4 aliphatic rings. The lowest BCUT2D eigenvalue weighted by Gasteiger charge is -2.29. The van der Waals surface area contributed by atoms with Crippen LogP contribution in [0.5, 0.6) is 0 Å². The Labute approximate surface area is 166 Å². The van der Waals surface area contributed by atoms with E-state index in [2.05, 4.69) is 10.6 Å². The van der Waals surface area contributed by atoms with Crippen LogP contribution < -0.4 is 16.4 Å². The SMILES string of the molecule is N[C@@H]1C[C@@]2(NCc3ccc4c(c3)C(=O)N(C3CCC(=O)NC3=O)C4=O)CO[C@@H]1C2. The molecule has 152 valence electrons. The summed E-state index contributed by atoms with van der Waals surface area (Å²) in [5.41, 5.74) is 7.39. The van der Waals surface area contributed by atoms with Crippen molar-refractivity contribution >= 4 is 23.6 Å². The normalized spacial score (nSPS) is 33.4. The van der Waals surface area contributed by atoms with E-state index in [1.807, 2.05) is 6.07 Å². The lowest BCUT2D eigenvalue weighted by molar-refractivity contribution is -0.136. The predicted molar refractivity (Wildman–Crippen MR) is 99.6 cm³/mol. The van der Waals surface area contributed by atoms with Gasteiger partial charge in [-0.2, -0.15) is 0 Å². The molecule has 0 spiro atoms. The van der Waals surface area contributed by atoms with Crippen molar-refractivity contribution in [2.45, 2.75) is 56.0 Å². The number of fused-ring (bicyclic) bond motifs is 3. The minimum absolute atomic E-state index is 0.0394. The fourth-order valence-electron chi connectivity index (χ4n) is 4.88. The molecule has 1 aliphatic carbocycles. The Bertz CT molecular complexity index is 943. The molecule has 0 aromatic heterocycles. The van der Waals surface area contributed by atoms with E-state index in [9.17, 15) is 19.2 Å². The van der Waals surface area contributed by atoms with Crippen LogP contribution in [0.4, 0.5) is 0 Å². The second-order valence-corrected chi connectivity index (χ2v) is 8.38. The first-order valence-electron chi connectivity index (χ1n) is 9.84. The quantitative estimate of drug-likeness (QED) is 0.579. The third kappa shape index (κ3) is 2.88. The summed E-state index contributed by atoms with van der Waals surface area (Å²) in [6.45, 7) is 1.15. The minimum Gasteiger partial charge on any atom is -0.375 e. The summed E-state index contributed by atoms with van der Waals surface area (Å²) in [5.74, 6) is -1.98. The Hall–Kier alpha value is -2.62. The van der Waals surface area contributed by atoms with Crippen LogP contribution in [-0.2, 0) is 20.9 Å². The Morgan fingerprint density at radius 2 is 1.97 bits per heavy atom. The number of hydrogen-bond donors (Lipinski definition) is 3. The van der Waals surface area contributed by atoms with Gasteiger partial charge in [0, 0.05) is 24.5 Å². The van der Waals surface area contributed by atoms with Gasteiger partial charge in [-0.1, -0.05) is 6.07 Å². The number of imide groups is 2. The zero-order chi connectivity index (χ0) is 20.3. The van der Waals surface area contributed by atoms with E-state index in [1.165, 1.54) is 0 Å². The lowest BCUT2D eigenvalue weighted by Crippen LogP contribution is -2.54. The highest BCUT2D eigenvalue weighted by molar-refractivity contribution is 6.23. The molecular weight excluding hydrogens is 376 g/mol.